The number of carbonyl (C=O) groups is 2. The zero-order valence-electron chi connectivity index (χ0n) is 17.2. The van der Waals surface area contributed by atoms with Crippen LogP contribution < -0.4 is 10.2 Å². The molecule has 2 fully saturated rings. The molecular weight excluding hydrogens is 396 g/mol. The second-order valence-corrected chi connectivity index (χ2v) is 9.49. The molecule has 6 nitrogen and oxygen atoms in total. The predicted molar refractivity (Wildman–Crippen MR) is 120 cm³/mol. The number of hydrogen-bond acceptors (Lipinski definition) is 5. The molecule has 0 atom stereocenters. The first kappa shape index (κ1) is 19.7. The van der Waals surface area contributed by atoms with E-state index in [1.165, 1.54) is 42.6 Å². The number of carbonyl (C=O) groups excluding carboxylic acids is 2. The van der Waals surface area contributed by atoms with Gasteiger partial charge in [-0.15, -0.1) is 11.3 Å². The van der Waals surface area contributed by atoms with E-state index in [0.717, 1.165) is 55.8 Å². The molecule has 1 saturated heterocycles. The fourth-order valence-electron chi connectivity index (χ4n) is 4.46. The highest BCUT2D eigenvalue weighted by atomic mass is 32.1. The van der Waals surface area contributed by atoms with Gasteiger partial charge in [-0.3, -0.25) is 14.5 Å². The van der Waals surface area contributed by atoms with Gasteiger partial charge in [-0.25, -0.2) is 4.98 Å². The normalized spacial score (nSPS) is 19.4. The van der Waals surface area contributed by atoms with E-state index >= 15 is 0 Å². The van der Waals surface area contributed by atoms with E-state index < -0.39 is 0 Å². The van der Waals surface area contributed by atoms with Gasteiger partial charge in [0.25, 0.3) is 0 Å². The lowest BCUT2D eigenvalue weighted by atomic mass is 10.1. The third kappa shape index (κ3) is 4.27. The number of anilines is 2. The van der Waals surface area contributed by atoms with Gasteiger partial charge in [0.1, 0.15) is 0 Å². The number of thiazole rings is 1. The van der Waals surface area contributed by atoms with Crippen LogP contribution in [-0.4, -0.2) is 47.9 Å². The van der Waals surface area contributed by atoms with Gasteiger partial charge in [0.05, 0.1) is 12.2 Å². The van der Waals surface area contributed by atoms with E-state index in [4.69, 9.17) is 0 Å². The van der Waals surface area contributed by atoms with Gasteiger partial charge < -0.3 is 10.2 Å². The summed E-state index contributed by atoms with van der Waals surface area (Å²) in [5.41, 5.74) is 4.18. The largest absolute Gasteiger partial charge is 0.312 e. The first-order chi connectivity index (χ1) is 14.7. The van der Waals surface area contributed by atoms with E-state index in [1.807, 2.05) is 16.3 Å². The third-order valence-corrected chi connectivity index (χ3v) is 7.04. The van der Waals surface area contributed by atoms with Crippen LogP contribution in [0, 0.1) is 5.92 Å². The Bertz CT molecular complexity index is 944. The Morgan fingerprint density at radius 3 is 2.67 bits per heavy atom. The van der Waals surface area contributed by atoms with Gasteiger partial charge in [-0.05, 0) is 62.9 Å². The van der Waals surface area contributed by atoms with Crippen LogP contribution in [0.2, 0.25) is 0 Å². The maximum absolute atomic E-state index is 12.5. The minimum atomic E-state index is 0.0148. The molecule has 30 heavy (non-hydrogen) atoms. The summed E-state index contributed by atoms with van der Waals surface area (Å²) in [5, 5.41) is 5.61. The zero-order chi connectivity index (χ0) is 20.5. The molecule has 1 saturated carbocycles. The molecule has 2 aliphatic heterocycles. The number of hydrogen-bond donors (Lipinski definition) is 1. The Balaban J connectivity index is 1.23. The van der Waals surface area contributed by atoms with E-state index in [2.05, 4.69) is 27.3 Å². The van der Waals surface area contributed by atoms with E-state index in [9.17, 15) is 9.59 Å². The van der Waals surface area contributed by atoms with Crippen LogP contribution in [0.3, 0.4) is 0 Å². The topological polar surface area (TPSA) is 65.5 Å². The van der Waals surface area contributed by atoms with Crippen LogP contribution in [-0.2, 0) is 16.0 Å². The number of nitrogens with zero attached hydrogens (tertiary/aromatic N) is 3. The molecule has 2 amide bonds. The Morgan fingerprint density at radius 2 is 1.90 bits per heavy atom. The lowest BCUT2D eigenvalue weighted by Crippen LogP contribution is -2.33. The standard InChI is InChI=1S/C23H28N4O2S/c28-21(14-26-10-3-1-2-4-11-26)25-23-24-19(15-30-23)17-7-8-20-18(13-17)9-12-27(20)22(29)16-5-6-16/h7-8,13,15-16H,1-6,9-12,14H2,(H,24,25,28). The molecule has 0 radical (unpaired) electrons. The van der Waals surface area contributed by atoms with Crippen molar-refractivity contribution < 1.29 is 9.59 Å². The highest BCUT2D eigenvalue weighted by molar-refractivity contribution is 7.14. The van der Waals surface area contributed by atoms with E-state index in [0.29, 0.717) is 11.7 Å². The second kappa shape index (κ2) is 8.47. The number of rotatable bonds is 5. The molecule has 1 N–H and O–H groups in total. The Morgan fingerprint density at radius 1 is 1.10 bits per heavy atom. The SMILES string of the molecule is O=C(CN1CCCCCC1)Nc1nc(-c2ccc3c(c2)CCN3C(=O)C2CC2)cs1. The summed E-state index contributed by atoms with van der Waals surface area (Å²) in [6, 6.07) is 6.23. The molecule has 3 heterocycles. The van der Waals surface area contributed by atoms with Crippen LogP contribution in [0.1, 0.15) is 44.1 Å². The van der Waals surface area contributed by atoms with Gasteiger partial charge in [0, 0.05) is 29.1 Å². The number of nitrogens with one attached hydrogen (secondary N) is 1. The Kier molecular flexibility index (Phi) is 5.56. The first-order valence-corrected chi connectivity index (χ1v) is 12.0. The van der Waals surface area contributed by atoms with Gasteiger partial charge >= 0.3 is 0 Å². The molecule has 5 rings (SSSR count). The minimum absolute atomic E-state index is 0.0148. The lowest BCUT2D eigenvalue weighted by Gasteiger charge is -2.18. The summed E-state index contributed by atoms with van der Waals surface area (Å²) in [6.07, 6.45) is 7.85. The number of aromatic nitrogens is 1. The van der Waals surface area contributed by atoms with Gasteiger partial charge in [-0.2, -0.15) is 0 Å². The van der Waals surface area contributed by atoms with Crippen molar-refractivity contribution in [2.24, 2.45) is 5.92 Å². The summed E-state index contributed by atoms with van der Waals surface area (Å²) in [5.74, 6) is 0.542. The average molecular weight is 425 g/mol. The minimum Gasteiger partial charge on any atom is -0.312 e. The monoisotopic (exact) mass is 424 g/mol. The van der Waals surface area contributed by atoms with Crippen molar-refractivity contribution in [3.8, 4) is 11.3 Å². The van der Waals surface area contributed by atoms with Crippen molar-refractivity contribution in [2.75, 3.05) is 36.4 Å². The Labute approximate surface area is 181 Å². The van der Waals surface area contributed by atoms with E-state index in [-0.39, 0.29) is 17.7 Å². The van der Waals surface area contributed by atoms with Crippen molar-refractivity contribution in [3.05, 3.63) is 29.1 Å². The van der Waals surface area contributed by atoms with Gasteiger partial charge in [0.2, 0.25) is 11.8 Å². The molecule has 2 aromatic rings. The predicted octanol–water partition coefficient (Wildman–Crippen LogP) is 3.92. The fraction of sp³-hybridized carbons (Fsp3) is 0.522. The van der Waals surface area contributed by atoms with Crippen molar-refractivity contribution in [1.82, 2.24) is 9.88 Å². The molecule has 0 unspecified atom stereocenters. The summed E-state index contributed by atoms with van der Waals surface area (Å²) in [4.78, 5) is 33.7. The smallest absolute Gasteiger partial charge is 0.240 e. The van der Waals surface area contributed by atoms with Crippen LogP contribution in [0.25, 0.3) is 11.3 Å². The van der Waals surface area contributed by atoms with Crippen molar-refractivity contribution in [1.29, 1.82) is 0 Å². The van der Waals surface area contributed by atoms with Crippen molar-refractivity contribution in [3.63, 3.8) is 0 Å². The van der Waals surface area contributed by atoms with Crippen molar-refractivity contribution in [2.45, 2.75) is 44.9 Å². The fourth-order valence-corrected chi connectivity index (χ4v) is 5.20. The quantitative estimate of drug-likeness (QED) is 0.790. The molecule has 1 aromatic carbocycles. The summed E-state index contributed by atoms with van der Waals surface area (Å²) < 4.78 is 0. The molecular formula is C23H28N4O2S. The molecule has 3 aliphatic rings. The highest BCUT2D eigenvalue weighted by Gasteiger charge is 2.36. The van der Waals surface area contributed by atoms with Crippen LogP contribution >= 0.6 is 11.3 Å². The molecule has 1 aliphatic carbocycles. The van der Waals surface area contributed by atoms with Crippen LogP contribution in [0.15, 0.2) is 23.6 Å². The van der Waals surface area contributed by atoms with Gasteiger partial charge in [-0.1, -0.05) is 18.9 Å². The van der Waals surface area contributed by atoms with E-state index in [1.54, 1.807) is 0 Å². The average Bonchev–Trinajstić information content (AvgIpc) is 3.43. The first-order valence-electron chi connectivity index (χ1n) is 11.1. The van der Waals surface area contributed by atoms with Crippen molar-refractivity contribution >= 4 is 34.0 Å². The van der Waals surface area contributed by atoms with Crippen LogP contribution in [0.5, 0.6) is 0 Å². The maximum atomic E-state index is 12.5. The maximum Gasteiger partial charge on any atom is 0.240 e. The van der Waals surface area contributed by atoms with Gasteiger partial charge in [0.15, 0.2) is 5.13 Å². The molecule has 158 valence electrons. The van der Waals surface area contributed by atoms with Crippen LogP contribution in [0.4, 0.5) is 10.8 Å². The molecule has 7 heteroatoms. The summed E-state index contributed by atoms with van der Waals surface area (Å²) >= 11 is 1.46. The number of likely N-dealkylation sites (tertiary alicyclic amines) is 1. The molecule has 0 bridgehead atoms. The number of amides is 2. The lowest BCUT2D eigenvalue weighted by molar-refractivity contribution is -0.119. The summed E-state index contributed by atoms with van der Waals surface area (Å²) in [6.45, 7) is 3.24. The third-order valence-electron chi connectivity index (χ3n) is 6.28. The number of fused-ring (bicyclic) bond motifs is 1. The zero-order valence-corrected chi connectivity index (χ0v) is 18.0. The Hall–Kier alpha value is -2.25. The molecule has 1 aromatic heterocycles. The highest BCUT2D eigenvalue weighted by Crippen LogP contribution is 2.38. The second-order valence-electron chi connectivity index (χ2n) is 8.63. The number of benzene rings is 1. The molecule has 0 spiro atoms. The summed E-state index contributed by atoms with van der Waals surface area (Å²) in [7, 11) is 0.